The summed E-state index contributed by atoms with van der Waals surface area (Å²) < 4.78 is 28.2. The van der Waals surface area contributed by atoms with Gasteiger partial charge in [-0.1, -0.05) is 6.07 Å². The van der Waals surface area contributed by atoms with E-state index in [1.165, 1.54) is 12.1 Å². The Balaban J connectivity index is 1.96. The third-order valence-electron chi connectivity index (χ3n) is 3.63. The molecule has 0 heterocycles. The monoisotopic (exact) mass is 322 g/mol. The van der Waals surface area contributed by atoms with Gasteiger partial charge in [0.15, 0.2) is 16.4 Å². The summed E-state index contributed by atoms with van der Waals surface area (Å²) >= 11 is 0. The number of amides is 1. The minimum atomic E-state index is -3.32. The van der Waals surface area contributed by atoms with Crippen molar-refractivity contribution in [2.45, 2.75) is 30.2 Å². The highest BCUT2D eigenvalue weighted by molar-refractivity contribution is 7.90. The van der Waals surface area contributed by atoms with Crippen LogP contribution in [0, 0.1) is 17.2 Å². The van der Waals surface area contributed by atoms with Crippen molar-refractivity contribution in [2.24, 2.45) is 5.92 Å². The largest absolute Gasteiger partial charge is 0.484 e. The van der Waals surface area contributed by atoms with Crippen molar-refractivity contribution in [2.75, 3.05) is 12.9 Å². The Morgan fingerprint density at radius 2 is 2.18 bits per heavy atom. The molecule has 1 amide bonds. The number of hydrogen-bond acceptors (Lipinski definition) is 5. The van der Waals surface area contributed by atoms with Crippen molar-refractivity contribution in [3.05, 3.63) is 24.3 Å². The van der Waals surface area contributed by atoms with Gasteiger partial charge in [0.2, 0.25) is 0 Å². The smallest absolute Gasteiger partial charge is 0.259 e. The predicted octanol–water partition coefficient (Wildman–Crippen LogP) is 1.28. The van der Waals surface area contributed by atoms with E-state index in [2.05, 4.69) is 11.4 Å². The van der Waals surface area contributed by atoms with Crippen molar-refractivity contribution in [3.8, 4) is 11.8 Å². The lowest BCUT2D eigenvalue weighted by atomic mass is 9.98. The fraction of sp³-hybridized carbons (Fsp3) is 0.467. The highest BCUT2D eigenvalue weighted by Crippen LogP contribution is 2.39. The summed E-state index contributed by atoms with van der Waals surface area (Å²) in [6.07, 6.45) is 2.97. The van der Waals surface area contributed by atoms with E-state index in [1.54, 1.807) is 19.1 Å². The molecule has 1 atom stereocenters. The highest BCUT2D eigenvalue weighted by atomic mass is 32.2. The molecular weight excluding hydrogens is 304 g/mol. The Bertz CT molecular complexity index is 719. The number of benzene rings is 1. The summed E-state index contributed by atoms with van der Waals surface area (Å²) in [6.45, 7) is 1.43. The van der Waals surface area contributed by atoms with Crippen molar-refractivity contribution >= 4 is 15.7 Å². The minimum Gasteiger partial charge on any atom is -0.484 e. The van der Waals surface area contributed by atoms with Crippen LogP contribution in [0.1, 0.15) is 19.8 Å². The van der Waals surface area contributed by atoms with Gasteiger partial charge in [-0.2, -0.15) is 5.26 Å². The van der Waals surface area contributed by atoms with Gasteiger partial charge in [-0.15, -0.1) is 0 Å². The third kappa shape index (κ3) is 3.98. The number of nitriles is 1. The molecule has 0 bridgehead atoms. The number of carbonyl (C=O) groups excluding carboxylic acids is 1. The van der Waals surface area contributed by atoms with Crippen LogP contribution in [0.5, 0.6) is 5.75 Å². The first kappa shape index (κ1) is 16.3. The molecule has 1 saturated carbocycles. The number of hydrogen-bond donors (Lipinski definition) is 1. The Morgan fingerprint density at radius 3 is 2.73 bits per heavy atom. The van der Waals surface area contributed by atoms with E-state index in [4.69, 9.17) is 4.74 Å². The van der Waals surface area contributed by atoms with Gasteiger partial charge in [0, 0.05) is 6.26 Å². The second kappa shape index (κ2) is 5.97. The van der Waals surface area contributed by atoms with Crippen LogP contribution in [-0.2, 0) is 14.6 Å². The summed E-state index contributed by atoms with van der Waals surface area (Å²) in [5, 5.41) is 11.9. The quantitative estimate of drug-likeness (QED) is 0.851. The molecule has 0 aromatic heterocycles. The van der Waals surface area contributed by atoms with Gasteiger partial charge in [0.25, 0.3) is 5.91 Å². The van der Waals surface area contributed by atoms with Crippen molar-refractivity contribution in [1.29, 1.82) is 5.26 Å². The molecule has 0 radical (unpaired) electrons. The van der Waals surface area contributed by atoms with E-state index in [9.17, 15) is 18.5 Å². The van der Waals surface area contributed by atoms with Gasteiger partial charge in [0.1, 0.15) is 11.3 Å². The van der Waals surface area contributed by atoms with Gasteiger partial charge >= 0.3 is 0 Å². The van der Waals surface area contributed by atoms with Gasteiger partial charge < -0.3 is 10.1 Å². The number of ether oxygens (including phenoxy) is 1. The molecule has 1 aromatic carbocycles. The second-order valence-corrected chi connectivity index (χ2v) is 7.69. The lowest BCUT2D eigenvalue weighted by molar-refractivity contribution is -0.124. The fourth-order valence-corrected chi connectivity index (χ4v) is 2.81. The first-order valence-electron chi connectivity index (χ1n) is 6.90. The van der Waals surface area contributed by atoms with Gasteiger partial charge in [0.05, 0.1) is 11.0 Å². The lowest BCUT2D eigenvalue weighted by Gasteiger charge is -2.22. The molecule has 0 spiro atoms. The second-order valence-electron chi connectivity index (χ2n) is 5.67. The Kier molecular flexibility index (Phi) is 4.42. The van der Waals surface area contributed by atoms with Gasteiger partial charge in [-0.05, 0) is 43.9 Å². The molecule has 0 saturated heterocycles. The molecule has 2 rings (SSSR count). The van der Waals surface area contributed by atoms with Gasteiger partial charge in [-0.25, -0.2) is 8.42 Å². The summed E-state index contributed by atoms with van der Waals surface area (Å²) in [6, 6.07) is 8.08. The summed E-state index contributed by atoms with van der Waals surface area (Å²) in [5.41, 5.74) is -0.866. The molecule has 6 nitrogen and oxygen atoms in total. The van der Waals surface area contributed by atoms with Gasteiger partial charge in [-0.3, -0.25) is 4.79 Å². The van der Waals surface area contributed by atoms with E-state index >= 15 is 0 Å². The van der Waals surface area contributed by atoms with E-state index in [1.807, 2.05) is 0 Å². The molecule has 7 heteroatoms. The summed E-state index contributed by atoms with van der Waals surface area (Å²) in [7, 11) is -3.32. The number of rotatable bonds is 6. The molecule has 0 aliphatic heterocycles. The Labute approximate surface area is 130 Å². The SMILES string of the molecule is C[C@](C#N)(NC(=O)COc1cccc(S(C)(=O)=O)c1)C1CC1. The number of carbonyl (C=O) groups is 1. The van der Waals surface area contributed by atoms with Crippen LogP contribution in [0.2, 0.25) is 0 Å². The summed E-state index contributed by atoms with van der Waals surface area (Å²) in [5.74, 6) is 0.0823. The zero-order valence-electron chi connectivity index (χ0n) is 12.5. The third-order valence-corrected chi connectivity index (χ3v) is 4.74. The molecule has 0 unspecified atom stereocenters. The zero-order valence-corrected chi connectivity index (χ0v) is 13.3. The van der Waals surface area contributed by atoms with Crippen molar-refractivity contribution in [3.63, 3.8) is 0 Å². The van der Waals surface area contributed by atoms with Crippen LogP contribution in [0.3, 0.4) is 0 Å². The molecule has 118 valence electrons. The Hall–Kier alpha value is -2.07. The molecule has 22 heavy (non-hydrogen) atoms. The standard InChI is InChI=1S/C15H18N2O4S/c1-15(10-16,11-6-7-11)17-14(18)9-21-12-4-3-5-13(8-12)22(2,19)20/h3-5,8,11H,6-7,9H2,1-2H3,(H,17,18)/t15-/m1/s1. The van der Waals surface area contributed by atoms with Crippen molar-refractivity contribution < 1.29 is 17.9 Å². The molecule has 1 fully saturated rings. The average Bonchev–Trinajstić information content (AvgIpc) is 3.29. The van der Waals surface area contributed by atoms with E-state index in [0.717, 1.165) is 19.1 Å². The van der Waals surface area contributed by atoms with Crippen LogP contribution in [0.25, 0.3) is 0 Å². The van der Waals surface area contributed by atoms with Crippen LogP contribution >= 0.6 is 0 Å². The van der Waals surface area contributed by atoms with Crippen LogP contribution in [0.4, 0.5) is 0 Å². The lowest BCUT2D eigenvalue weighted by Crippen LogP contribution is -2.48. The maximum Gasteiger partial charge on any atom is 0.259 e. The first-order chi connectivity index (χ1) is 10.2. The predicted molar refractivity (Wildman–Crippen MR) is 79.9 cm³/mol. The number of sulfone groups is 1. The normalized spacial score (nSPS) is 17.1. The molecular formula is C15H18N2O4S. The topological polar surface area (TPSA) is 96.3 Å². The first-order valence-corrected chi connectivity index (χ1v) is 8.79. The van der Waals surface area contributed by atoms with E-state index in [0.29, 0.717) is 5.75 Å². The molecule has 1 aromatic rings. The fourth-order valence-electron chi connectivity index (χ4n) is 2.15. The number of nitrogens with one attached hydrogen (secondary N) is 1. The van der Waals surface area contributed by atoms with Crippen LogP contribution < -0.4 is 10.1 Å². The maximum atomic E-state index is 11.9. The van der Waals surface area contributed by atoms with E-state index in [-0.39, 0.29) is 17.4 Å². The summed E-state index contributed by atoms with van der Waals surface area (Å²) in [4.78, 5) is 12.0. The molecule has 1 aliphatic carbocycles. The Morgan fingerprint density at radius 1 is 1.50 bits per heavy atom. The molecule has 1 aliphatic rings. The molecule has 1 N–H and O–H groups in total. The highest BCUT2D eigenvalue weighted by Gasteiger charge is 2.43. The van der Waals surface area contributed by atoms with E-state index < -0.39 is 21.3 Å². The minimum absolute atomic E-state index is 0.130. The average molecular weight is 322 g/mol. The maximum absolute atomic E-state index is 11.9. The van der Waals surface area contributed by atoms with Crippen LogP contribution in [0.15, 0.2) is 29.2 Å². The zero-order chi connectivity index (χ0) is 16.4. The number of nitrogens with zero attached hydrogens (tertiary/aromatic N) is 1. The van der Waals surface area contributed by atoms with Crippen LogP contribution in [-0.4, -0.2) is 32.7 Å². The van der Waals surface area contributed by atoms with Crippen molar-refractivity contribution in [1.82, 2.24) is 5.32 Å².